The maximum Gasteiger partial charge on any atom is 0.261 e. The highest BCUT2D eigenvalue weighted by atomic mass is 79.9. The molecule has 0 bridgehead atoms. The predicted molar refractivity (Wildman–Crippen MR) is 95.3 cm³/mol. The Hall–Kier alpha value is -2.69. The second-order valence-corrected chi connectivity index (χ2v) is 6.21. The van der Waals surface area contributed by atoms with Crippen molar-refractivity contribution in [1.82, 2.24) is 9.78 Å². The minimum Gasteiger partial charge on any atom is -0.306 e. The van der Waals surface area contributed by atoms with Crippen molar-refractivity contribution >= 4 is 39.3 Å². The topological polar surface area (TPSA) is 70.7 Å². The van der Waals surface area contributed by atoms with Crippen molar-refractivity contribution in [2.24, 2.45) is 0 Å². The number of carbonyl (C=O) groups excluding carboxylic acids is 1. The molecule has 3 rings (SSSR count). The van der Waals surface area contributed by atoms with Gasteiger partial charge in [0.1, 0.15) is 11.9 Å². The highest BCUT2D eigenvalue weighted by molar-refractivity contribution is 9.10. The van der Waals surface area contributed by atoms with Crippen molar-refractivity contribution in [2.75, 3.05) is 5.32 Å². The summed E-state index contributed by atoms with van der Waals surface area (Å²) < 4.78 is 15.8. The van der Waals surface area contributed by atoms with Crippen molar-refractivity contribution in [3.8, 4) is 11.8 Å². The van der Waals surface area contributed by atoms with Crippen molar-refractivity contribution in [1.29, 1.82) is 5.26 Å². The first kappa shape index (κ1) is 17.1. The van der Waals surface area contributed by atoms with E-state index in [0.717, 1.165) is 0 Å². The number of hydrogen-bond acceptors (Lipinski definition) is 3. The van der Waals surface area contributed by atoms with Gasteiger partial charge in [0, 0.05) is 6.07 Å². The summed E-state index contributed by atoms with van der Waals surface area (Å²) in [6.45, 7) is 0. The van der Waals surface area contributed by atoms with Crippen LogP contribution in [0.25, 0.3) is 5.69 Å². The van der Waals surface area contributed by atoms with Crippen molar-refractivity contribution in [2.45, 2.75) is 0 Å². The quantitative estimate of drug-likeness (QED) is 0.633. The summed E-state index contributed by atoms with van der Waals surface area (Å²) >= 11 is 8.98. The van der Waals surface area contributed by atoms with Gasteiger partial charge in [0.2, 0.25) is 0 Å². The van der Waals surface area contributed by atoms with Crippen LogP contribution in [-0.2, 0) is 0 Å². The van der Waals surface area contributed by atoms with Crippen LogP contribution in [0.4, 0.5) is 10.2 Å². The number of halogens is 3. The van der Waals surface area contributed by atoms with E-state index >= 15 is 0 Å². The molecule has 5 nitrogen and oxygen atoms in total. The van der Waals surface area contributed by atoms with Crippen LogP contribution in [0.15, 0.2) is 53.0 Å². The highest BCUT2D eigenvalue weighted by Gasteiger charge is 2.21. The van der Waals surface area contributed by atoms with E-state index in [-0.39, 0.29) is 26.6 Å². The van der Waals surface area contributed by atoms with Crippen LogP contribution < -0.4 is 5.32 Å². The van der Waals surface area contributed by atoms with Crippen LogP contribution in [0.1, 0.15) is 16.1 Å². The number of hydrogen-bond donors (Lipinski definition) is 1. The maximum absolute atomic E-state index is 14.2. The summed E-state index contributed by atoms with van der Waals surface area (Å²) in [6, 6.07) is 15.1. The Balaban J connectivity index is 2.02. The zero-order valence-corrected chi connectivity index (χ0v) is 14.8. The van der Waals surface area contributed by atoms with E-state index in [4.69, 9.17) is 16.9 Å². The third-order valence-electron chi connectivity index (χ3n) is 3.34. The molecule has 0 saturated carbocycles. The van der Waals surface area contributed by atoms with E-state index in [1.807, 2.05) is 12.1 Å². The third kappa shape index (κ3) is 3.40. The fourth-order valence-electron chi connectivity index (χ4n) is 2.20. The number of para-hydroxylation sites is 1. The number of nitriles is 1. The first-order valence-corrected chi connectivity index (χ1v) is 8.19. The molecular weight excluding hydrogens is 411 g/mol. The van der Waals surface area contributed by atoms with E-state index < -0.39 is 11.7 Å². The van der Waals surface area contributed by atoms with Crippen LogP contribution >= 0.6 is 27.5 Å². The van der Waals surface area contributed by atoms with Gasteiger partial charge >= 0.3 is 0 Å². The molecule has 0 aliphatic carbocycles. The lowest BCUT2D eigenvalue weighted by molar-refractivity contribution is 0.102. The van der Waals surface area contributed by atoms with Crippen LogP contribution in [0.3, 0.4) is 0 Å². The first-order chi connectivity index (χ1) is 12.0. The van der Waals surface area contributed by atoms with Gasteiger partial charge in [-0.1, -0.05) is 29.8 Å². The Labute approximate surface area is 155 Å². The minimum atomic E-state index is -0.767. The maximum atomic E-state index is 14.2. The van der Waals surface area contributed by atoms with E-state index in [1.54, 1.807) is 24.3 Å². The zero-order valence-electron chi connectivity index (χ0n) is 12.5. The average Bonchev–Trinajstić information content (AvgIpc) is 3.02. The second kappa shape index (κ2) is 7.05. The molecule has 3 aromatic rings. The molecule has 8 heteroatoms. The van der Waals surface area contributed by atoms with E-state index in [0.29, 0.717) is 5.69 Å². The SMILES string of the molecule is N#Cc1cc(NC(=O)c2c(Cl)ccc(Br)c2F)n(-c2ccccc2)n1. The van der Waals surface area contributed by atoms with Crippen molar-refractivity contribution < 1.29 is 9.18 Å². The standard InChI is InChI=1S/C17H9BrClFN4O/c18-12-6-7-13(19)15(16(12)20)17(25)22-14-8-10(9-21)23-24(14)11-4-2-1-3-5-11/h1-8H,(H,22,25). The number of nitrogens with zero attached hydrogens (tertiary/aromatic N) is 3. The molecule has 1 aromatic heterocycles. The van der Waals surface area contributed by atoms with Crippen molar-refractivity contribution in [3.05, 3.63) is 75.1 Å². The van der Waals surface area contributed by atoms with Gasteiger partial charge in [0.05, 0.1) is 20.7 Å². The molecule has 0 radical (unpaired) electrons. The molecule has 0 aliphatic rings. The smallest absolute Gasteiger partial charge is 0.261 e. The Bertz CT molecular complexity index is 998. The Morgan fingerprint density at radius 1 is 1.28 bits per heavy atom. The van der Waals surface area contributed by atoms with Gasteiger partial charge in [-0.3, -0.25) is 4.79 Å². The van der Waals surface area contributed by atoms with E-state index in [1.165, 1.54) is 22.9 Å². The predicted octanol–water partition coefficient (Wildman–Crippen LogP) is 4.55. The minimum absolute atomic E-state index is 0.0236. The van der Waals surface area contributed by atoms with Gasteiger partial charge < -0.3 is 5.32 Å². The lowest BCUT2D eigenvalue weighted by Gasteiger charge is -2.10. The van der Waals surface area contributed by atoms with Crippen LogP contribution in [-0.4, -0.2) is 15.7 Å². The number of aromatic nitrogens is 2. The summed E-state index contributed by atoms with van der Waals surface area (Å²) in [7, 11) is 0. The van der Waals surface area contributed by atoms with Gasteiger partial charge in [0.15, 0.2) is 11.5 Å². The molecular formula is C17H9BrClFN4O. The van der Waals surface area contributed by atoms with Gasteiger partial charge in [-0.25, -0.2) is 9.07 Å². The molecule has 25 heavy (non-hydrogen) atoms. The summed E-state index contributed by atoms with van der Waals surface area (Å²) in [5, 5.41) is 15.7. The van der Waals surface area contributed by atoms with Gasteiger partial charge in [0.25, 0.3) is 5.91 Å². The number of amides is 1. The van der Waals surface area contributed by atoms with Crippen LogP contribution in [0, 0.1) is 17.1 Å². The lowest BCUT2D eigenvalue weighted by atomic mass is 10.2. The summed E-state index contributed by atoms with van der Waals surface area (Å²) in [5.74, 6) is -1.29. The summed E-state index contributed by atoms with van der Waals surface area (Å²) in [6.07, 6.45) is 0. The summed E-state index contributed by atoms with van der Waals surface area (Å²) in [5.41, 5.74) is 0.454. The average molecular weight is 420 g/mol. The zero-order chi connectivity index (χ0) is 18.0. The van der Waals surface area contributed by atoms with Crippen LogP contribution in [0.2, 0.25) is 5.02 Å². The van der Waals surface area contributed by atoms with Gasteiger partial charge in [-0.2, -0.15) is 10.4 Å². The largest absolute Gasteiger partial charge is 0.306 e. The molecule has 2 aromatic carbocycles. The summed E-state index contributed by atoms with van der Waals surface area (Å²) in [4.78, 5) is 12.5. The molecule has 1 heterocycles. The second-order valence-electron chi connectivity index (χ2n) is 4.95. The monoisotopic (exact) mass is 418 g/mol. The number of benzene rings is 2. The van der Waals surface area contributed by atoms with Gasteiger partial charge in [-0.05, 0) is 40.2 Å². The Morgan fingerprint density at radius 3 is 2.68 bits per heavy atom. The number of carbonyl (C=O) groups is 1. The lowest BCUT2D eigenvalue weighted by Crippen LogP contribution is -2.17. The third-order valence-corrected chi connectivity index (χ3v) is 4.26. The number of anilines is 1. The molecule has 0 atom stereocenters. The fourth-order valence-corrected chi connectivity index (χ4v) is 2.77. The van der Waals surface area contributed by atoms with Gasteiger partial charge in [-0.15, -0.1) is 0 Å². The fraction of sp³-hybridized carbons (Fsp3) is 0. The molecule has 0 unspecified atom stereocenters. The van der Waals surface area contributed by atoms with E-state index in [9.17, 15) is 9.18 Å². The molecule has 0 fully saturated rings. The highest BCUT2D eigenvalue weighted by Crippen LogP contribution is 2.27. The molecule has 124 valence electrons. The number of nitrogens with one attached hydrogen (secondary N) is 1. The van der Waals surface area contributed by atoms with Crippen molar-refractivity contribution in [3.63, 3.8) is 0 Å². The normalized spacial score (nSPS) is 10.3. The Kier molecular flexibility index (Phi) is 4.83. The van der Waals surface area contributed by atoms with Crippen LogP contribution in [0.5, 0.6) is 0 Å². The number of rotatable bonds is 3. The molecule has 1 N–H and O–H groups in total. The van der Waals surface area contributed by atoms with E-state index in [2.05, 4.69) is 26.3 Å². The molecule has 0 aliphatic heterocycles. The molecule has 0 saturated heterocycles. The molecule has 1 amide bonds. The first-order valence-electron chi connectivity index (χ1n) is 7.01. The molecule has 0 spiro atoms. The Morgan fingerprint density at radius 2 is 2.00 bits per heavy atom.